The van der Waals surface area contributed by atoms with Gasteiger partial charge in [0.2, 0.25) is 9.70 Å². The van der Waals surface area contributed by atoms with Gasteiger partial charge in [0.05, 0.1) is 18.4 Å². The highest BCUT2D eigenvalue weighted by atomic mass is 35.6. The Morgan fingerprint density at radius 1 is 1.42 bits per heavy atom. The molecule has 0 aliphatic heterocycles. The maximum Gasteiger partial charge on any atom is 0.412 e. The fourth-order valence-corrected chi connectivity index (χ4v) is 1.61. The van der Waals surface area contributed by atoms with Gasteiger partial charge in [-0.1, -0.05) is 34.8 Å². The first-order valence-corrected chi connectivity index (χ1v) is 6.13. The summed E-state index contributed by atoms with van der Waals surface area (Å²) >= 11 is 16.7. The average molecular weight is 327 g/mol. The van der Waals surface area contributed by atoms with Crippen LogP contribution in [0.3, 0.4) is 0 Å². The van der Waals surface area contributed by atoms with Crippen molar-refractivity contribution in [1.82, 2.24) is 4.98 Å². The van der Waals surface area contributed by atoms with Gasteiger partial charge in [0.1, 0.15) is 5.82 Å². The number of hydrogen-bond donors (Lipinski definition) is 2. The van der Waals surface area contributed by atoms with E-state index >= 15 is 0 Å². The lowest BCUT2D eigenvalue weighted by atomic mass is 10.3. The molecule has 0 spiro atoms. The predicted molar refractivity (Wildman–Crippen MR) is 74.2 cm³/mol. The number of alkyl halides is 3. The van der Waals surface area contributed by atoms with E-state index in [1.807, 2.05) is 0 Å². The molecule has 9 heteroatoms. The molecule has 0 aliphatic carbocycles. The molecule has 19 heavy (non-hydrogen) atoms. The lowest BCUT2D eigenvalue weighted by Crippen LogP contribution is -2.36. The second-order valence-electron chi connectivity index (χ2n) is 3.57. The van der Waals surface area contributed by atoms with Crippen molar-refractivity contribution in [2.24, 2.45) is 0 Å². The molecule has 0 bridgehead atoms. The molecule has 0 fully saturated rings. The molecule has 0 saturated carbocycles. The summed E-state index contributed by atoms with van der Waals surface area (Å²) in [6.45, 7) is 0.996. The largest absolute Gasteiger partial charge is 0.465 e. The second-order valence-corrected chi connectivity index (χ2v) is 6.08. The SMILES string of the molecule is CC(=O)Nc1ccc(N(CC(Cl)(Cl)Cl)C(=O)O)cn1. The maximum atomic E-state index is 11.1. The molecule has 104 valence electrons. The highest BCUT2D eigenvalue weighted by Gasteiger charge is 2.28. The minimum absolute atomic E-state index is 0.230. The summed E-state index contributed by atoms with van der Waals surface area (Å²) in [5.74, 6) is 0.0205. The van der Waals surface area contributed by atoms with Crippen LogP contribution in [-0.4, -0.2) is 32.4 Å². The molecule has 1 heterocycles. The number of carbonyl (C=O) groups excluding carboxylic acids is 1. The van der Waals surface area contributed by atoms with Gasteiger partial charge in [-0.25, -0.2) is 9.78 Å². The molecule has 1 aromatic rings. The average Bonchev–Trinajstić information content (AvgIpc) is 2.25. The molecule has 1 aromatic heterocycles. The van der Waals surface area contributed by atoms with Crippen LogP contribution in [0.5, 0.6) is 0 Å². The van der Waals surface area contributed by atoms with Crippen LogP contribution in [0.1, 0.15) is 6.92 Å². The lowest BCUT2D eigenvalue weighted by molar-refractivity contribution is -0.114. The number of carbonyl (C=O) groups is 2. The van der Waals surface area contributed by atoms with Crippen molar-refractivity contribution in [3.63, 3.8) is 0 Å². The highest BCUT2D eigenvalue weighted by Crippen LogP contribution is 2.29. The van der Waals surface area contributed by atoms with Crippen molar-refractivity contribution in [3.05, 3.63) is 18.3 Å². The molecule has 2 N–H and O–H groups in total. The molecule has 0 saturated heterocycles. The summed E-state index contributed by atoms with van der Waals surface area (Å²) in [5, 5.41) is 11.5. The number of anilines is 2. The first-order valence-electron chi connectivity index (χ1n) is 5.00. The normalized spacial score (nSPS) is 10.9. The van der Waals surface area contributed by atoms with Gasteiger partial charge in [-0.05, 0) is 12.1 Å². The first-order chi connectivity index (χ1) is 8.69. The summed E-state index contributed by atoms with van der Waals surface area (Å²) in [6, 6.07) is 2.90. The third-order valence-electron chi connectivity index (χ3n) is 1.93. The molecule has 0 aliphatic rings. The van der Waals surface area contributed by atoms with Crippen molar-refractivity contribution >= 4 is 58.3 Å². The van der Waals surface area contributed by atoms with E-state index in [4.69, 9.17) is 39.9 Å². The molecule has 6 nitrogen and oxygen atoms in total. The quantitative estimate of drug-likeness (QED) is 0.837. The van der Waals surface area contributed by atoms with Gasteiger partial charge < -0.3 is 10.4 Å². The van der Waals surface area contributed by atoms with E-state index in [2.05, 4.69) is 10.3 Å². The van der Waals surface area contributed by atoms with Crippen molar-refractivity contribution in [1.29, 1.82) is 0 Å². The number of halogens is 3. The number of nitrogens with one attached hydrogen (secondary N) is 1. The topological polar surface area (TPSA) is 82.5 Å². The number of nitrogens with zero attached hydrogens (tertiary/aromatic N) is 2. The Bertz CT molecular complexity index is 473. The minimum Gasteiger partial charge on any atom is -0.465 e. The Kier molecular flexibility index (Phi) is 5.22. The molecule has 0 radical (unpaired) electrons. The summed E-state index contributed by atoms with van der Waals surface area (Å²) in [7, 11) is 0. The first kappa shape index (κ1) is 15.8. The molecule has 0 unspecified atom stereocenters. The van der Waals surface area contributed by atoms with Crippen LogP contribution < -0.4 is 10.2 Å². The van der Waals surface area contributed by atoms with Crippen molar-refractivity contribution in [2.45, 2.75) is 10.7 Å². The van der Waals surface area contributed by atoms with Crippen LogP contribution in [0.15, 0.2) is 18.3 Å². The second kappa shape index (κ2) is 6.27. The van der Waals surface area contributed by atoms with Gasteiger partial charge >= 0.3 is 6.09 Å². The van der Waals surface area contributed by atoms with Gasteiger partial charge in [-0.2, -0.15) is 0 Å². The number of amides is 2. The Balaban J connectivity index is 2.92. The third-order valence-corrected chi connectivity index (χ3v) is 2.29. The van der Waals surface area contributed by atoms with Crippen LogP contribution in [0.2, 0.25) is 0 Å². The number of carboxylic acid groups (broad SMARTS) is 1. The molecule has 0 aromatic carbocycles. The molecular formula is C10H10Cl3N3O3. The zero-order valence-corrected chi connectivity index (χ0v) is 12.0. The standard InChI is InChI=1S/C10H10Cl3N3O3/c1-6(17)15-8-3-2-7(4-14-8)16(9(18)19)5-10(11,12)13/h2-4H,5H2,1H3,(H,18,19)(H,14,15,17). The summed E-state index contributed by atoms with van der Waals surface area (Å²) in [4.78, 5) is 26.6. The number of pyridine rings is 1. The molecule has 1 rings (SSSR count). The summed E-state index contributed by atoms with van der Waals surface area (Å²) in [6.07, 6.45) is -0.0177. The van der Waals surface area contributed by atoms with Gasteiger partial charge in [0.15, 0.2) is 0 Å². The van der Waals surface area contributed by atoms with Gasteiger partial charge in [-0.15, -0.1) is 0 Å². The van der Waals surface area contributed by atoms with E-state index in [0.717, 1.165) is 4.90 Å². The Morgan fingerprint density at radius 3 is 2.42 bits per heavy atom. The van der Waals surface area contributed by atoms with Gasteiger partial charge in [0.25, 0.3) is 0 Å². The van der Waals surface area contributed by atoms with Crippen molar-refractivity contribution in [2.75, 3.05) is 16.8 Å². The van der Waals surface area contributed by atoms with Crippen molar-refractivity contribution < 1.29 is 14.7 Å². The van der Waals surface area contributed by atoms with E-state index in [0.29, 0.717) is 5.82 Å². The zero-order chi connectivity index (χ0) is 14.6. The fraction of sp³-hybridized carbons (Fsp3) is 0.300. The Morgan fingerprint density at radius 2 is 2.05 bits per heavy atom. The fourth-order valence-electron chi connectivity index (χ4n) is 1.25. The van der Waals surface area contributed by atoms with E-state index < -0.39 is 9.89 Å². The monoisotopic (exact) mass is 325 g/mol. The Hall–Kier alpha value is -1.24. The lowest BCUT2D eigenvalue weighted by Gasteiger charge is -2.23. The van der Waals surface area contributed by atoms with E-state index in [1.165, 1.54) is 25.3 Å². The van der Waals surface area contributed by atoms with Crippen LogP contribution in [0, 0.1) is 0 Å². The number of rotatable bonds is 3. The third kappa shape index (κ3) is 5.50. The van der Waals surface area contributed by atoms with E-state index in [-0.39, 0.29) is 18.1 Å². The zero-order valence-electron chi connectivity index (χ0n) is 9.73. The summed E-state index contributed by atoms with van der Waals surface area (Å²) in [5.41, 5.74) is 0.230. The van der Waals surface area contributed by atoms with E-state index in [1.54, 1.807) is 0 Å². The number of hydrogen-bond acceptors (Lipinski definition) is 3. The predicted octanol–water partition coefficient (Wildman–Crippen LogP) is 2.89. The molecular weight excluding hydrogens is 316 g/mol. The van der Waals surface area contributed by atoms with Gasteiger partial charge in [-0.3, -0.25) is 9.69 Å². The Labute approximate surface area is 124 Å². The van der Waals surface area contributed by atoms with Crippen LogP contribution >= 0.6 is 34.8 Å². The van der Waals surface area contributed by atoms with Crippen LogP contribution in [0.4, 0.5) is 16.3 Å². The molecule has 0 atom stereocenters. The highest BCUT2D eigenvalue weighted by molar-refractivity contribution is 6.68. The summed E-state index contributed by atoms with van der Waals surface area (Å²) < 4.78 is -1.74. The number of aromatic nitrogens is 1. The van der Waals surface area contributed by atoms with E-state index in [9.17, 15) is 9.59 Å². The molecule has 2 amide bonds. The van der Waals surface area contributed by atoms with Crippen molar-refractivity contribution in [3.8, 4) is 0 Å². The minimum atomic E-state index is -1.74. The van der Waals surface area contributed by atoms with Gasteiger partial charge in [0, 0.05) is 6.92 Å². The smallest absolute Gasteiger partial charge is 0.412 e. The van der Waals surface area contributed by atoms with Crippen LogP contribution in [-0.2, 0) is 4.79 Å². The van der Waals surface area contributed by atoms with Crippen LogP contribution in [0.25, 0.3) is 0 Å². The maximum absolute atomic E-state index is 11.1.